The molecular formula is C9H17NO2. The van der Waals surface area contributed by atoms with Gasteiger partial charge in [0.05, 0.1) is 0 Å². The molecule has 0 bridgehead atoms. The fourth-order valence-corrected chi connectivity index (χ4v) is 2.09. The molecule has 0 aromatic carbocycles. The molecule has 1 atom stereocenters. The van der Waals surface area contributed by atoms with Crippen LogP contribution >= 0.6 is 0 Å². The van der Waals surface area contributed by atoms with E-state index in [2.05, 4.69) is 0 Å². The predicted octanol–water partition coefficient (Wildman–Crippen LogP) is 2.48. The summed E-state index contributed by atoms with van der Waals surface area (Å²) in [7, 11) is 0. The first-order chi connectivity index (χ1) is 5.70. The summed E-state index contributed by atoms with van der Waals surface area (Å²) in [6.45, 7) is 2.17. The van der Waals surface area contributed by atoms with E-state index in [9.17, 15) is 10.1 Å². The quantitative estimate of drug-likeness (QED) is 0.483. The first-order valence-corrected chi connectivity index (χ1v) is 4.82. The molecule has 0 heterocycles. The molecule has 0 spiro atoms. The minimum atomic E-state index is -0.181. The third-order valence-corrected chi connectivity index (χ3v) is 2.89. The van der Waals surface area contributed by atoms with Crippen molar-refractivity contribution in [2.24, 2.45) is 11.8 Å². The maximum absolute atomic E-state index is 10.3. The zero-order valence-electron chi connectivity index (χ0n) is 7.66. The highest BCUT2D eigenvalue weighted by atomic mass is 16.6. The summed E-state index contributed by atoms with van der Waals surface area (Å²) >= 11 is 0. The molecule has 0 N–H and O–H groups in total. The smallest absolute Gasteiger partial charge is 0.206 e. The molecule has 1 rings (SSSR count). The zero-order valence-corrected chi connectivity index (χ0v) is 7.66. The molecule has 1 saturated carbocycles. The van der Waals surface area contributed by atoms with E-state index < -0.39 is 0 Å². The summed E-state index contributed by atoms with van der Waals surface area (Å²) in [4.78, 5) is 10.1. The molecule has 70 valence electrons. The van der Waals surface area contributed by atoms with Crippen molar-refractivity contribution in [3.05, 3.63) is 10.1 Å². The van der Waals surface area contributed by atoms with Crippen molar-refractivity contribution in [2.75, 3.05) is 6.54 Å². The minimum Gasteiger partial charge on any atom is -0.265 e. The van der Waals surface area contributed by atoms with E-state index in [1.165, 1.54) is 32.1 Å². The molecule has 0 radical (unpaired) electrons. The molecule has 12 heavy (non-hydrogen) atoms. The van der Waals surface area contributed by atoms with Crippen LogP contribution in [0.5, 0.6) is 0 Å². The Hall–Kier alpha value is -0.600. The minimum absolute atomic E-state index is 0.157. The van der Waals surface area contributed by atoms with Crippen LogP contribution in [0.2, 0.25) is 0 Å². The molecule has 0 aromatic heterocycles. The molecule has 3 nitrogen and oxygen atoms in total. The number of hydrogen-bond donors (Lipinski definition) is 0. The van der Waals surface area contributed by atoms with Crippen LogP contribution in [-0.2, 0) is 0 Å². The fraction of sp³-hybridized carbons (Fsp3) is 1.00. The van der Waals surface area contributed by atoms with Gasteiger partial charge in [-0.1, -0.05) is 26.2 Å². The van der Waals surface area contributed by atoms with Gasteiger partial charge in [0.1, 0.15) is 0 Å². The number of nitrogens with zero attached hydrogens (tertiary/aromatic N) is 1. The van der Waals surface area contributed by atoms with E-state index >= 15 is 0 Å². The summed E-state index contributed by atoms with van der Waals surface area (Å²) in [5, 5.41) is 10.3. The van der Waals surface area contributed by atoms with Crippen LogP contribution in [0, 0.1) is 22.0 Å². The third-order valence-electron chi connectivity index (χ3n) is 2.89. The van der Waals surface area contributed by atoms with Crippen molar-refractivity contribution in [3.8, 4) is 0 Å². The van der Waals surface area contributed by atoms with Crippen LogP contribution < -0.4 is 0 Å². The maximum Gasteiger partial charge on any atom is 0.206 e. The largest absolute Gasteiger partial charge is 0.265 e. The average Bonchev–Trinajstić information content (AvgIpc) is 2.05. The summed E-state index contributed by atoms with van der Waals surface area (Å²) in [5.74, 6) is 0.893. The molecule has 0 aromatic rings. The van der Waals surface area contributed by atoms with Gasteiger partial charge in [0.25, 0.3) is 0 Å². The van der Waals surface area contributed by atoms with Gasteiger partial charge >= 0.3 is 0 Å². The SMILES string of the molecule is C[C@H](C[N+](=O)[O-])C1CCCCC1. The van der Waals surface area contributed by atoms with Crippen LogP contribution in [0.15, 0.2) is 0 Å². The topological polar surface area (TPSA) is 43.1 Å². The molecule has 0 unspecified atom stereocenters. The number of nitro groups is 1. The fourth-order valence-electron chi connectivity index (χ4n) is 2.09. The Morgan fingerprint density at radius 3 is 2.50 bits per heavy atom. The molecule has 1 fully saturated rings. The normalized spacial score (nSPS) is 22.1. The van der Waals surface area contributed by atoms with Crippen molar-refractivity contribution in [2.45, 2.75) is 39.0 Å². The molecule has 1 aliphatic carbocycles. The average molecular weight is 171 g/mol. The van der Waals surface area contributed by atoms with Gasteiger partial charge in [-0.2, -0.15) is 0 Å². The lowest BCUT2D eigenvalue weighted by Crippen LogP contribution is -2.22. The van der Waals surface area contributed by atoms with Crippen LogP contribution in [0.3, 0.4) is 0 Å². The molecular weight excluding hydrogens is 154 g/mol. The predicted molar refractivity (Wildman–Crippen MR) is 47.6 cm³/mol. The summed E-state index contributed by atoms with van der Waals surface area (Å²) < 4.78 is 0. The highest BCUT2D eigenvalue weighted by Gasteiger charge is 2.23. The second-order valence-corrected chi connectivity index (χ2v) is 3.89. The lowest BCUT2D eigenvalue weighted by atomic mass is 9.81. The zero-order chi connectivity index (χ0) is 8.97. The molecule has 1 aliphatic rings. The second-order valence-electron chi connectivity index (χ2n) is 3.89. The molecule has 0 aliphatic heterocycles. The highest BCUT2D eigenvalue weighted by Crippen LogP contribution is 2.29. The Morgan fingerprint density at radius 2 is 2.00 bits per heavy atom. The van der Waals surface area contributed by atoms with Crippen molar-refractivity contribution in [3.63, 3.8) is 0 Å². The van der Waals surface area contributed by atoms with E-state index in [-0.39, 0.29) is 17.4 Å². The standard InChI is InChI=1S/C9H17NO2/c1-8(7-10(11)12)9-5-3-2-4-6-9/h8-9H,2-7H2,1H3/t8-/m1/s1. The summed E-state index contributed by atoms with van der Waals surface area (Å²) in [6, 6.07) is 0. The van der Waals surface area contributed by atoms with Crippen molar-refractivity contribution in [1.82, 2.24) is 0 Å². The lowest BCUT2D eigenvalue weighted by molar-refractivity contribution is -0.489. The van der Waals surface area contributed by atoms with Crippen LogP contribution in [0.1, 0.15) is 39.0 Å². The number of rotatable bonds is 3. The highest BCUT2D eigenvalue weighted by molar-refractivity contribution is 4.70. The molecule has 3 heteroatoms. The van der Waals surface area contributed by atoms with Crippen LogP contribution in [-0.4, -0.2) is 11.5 Å². The Kier molecular flexibility index (Phi) is 3.50. The van der Waals surface area contributed by atoms with Gasteiger partial charge in [-0.05, 0) is 18.8 Å². The van der Waals surface area contributed by atoms with E-state index in [0.717, 1.165) is 0 Å². The van der Waals surface area contributed by atoms with Gasteiger partial charge in [0.2, 0.25) is 6.54 Å². The number of hydrogen-bond acceptors (Lipinski definition) is 2. The van der Waals surface area contributed by atoms with Crippen molar-refractivity contribution in [1.29, 1.82) is 0 Å². The van der Waals surface area contributed by atoms with Crippen LogP contribution in [0.4, 0.5) is 0 Å². The van der Waals surface area contributed by atoms with Crippen molar-refractivity contribution < 1.29 is 4.92 Å². The van der Waals surface area contributed by atoms with Gasteiger partial charge in [-0.3, -0.25) is 10.1 Å². The van der Waals surface area contributed by atoms with Gasteiger partial charge in [-0.25, -0.2) is 0 Å². The van der Waals surface area contributed by atoms with E-state index in [1.807, 2.05) is 6.92 Å². The van der Waals surface area contributed by atoms with Gasteiger partial charge in [-0.15, -0.1) is 0 Å². The first kappa shape index (κ1) is 9.49. The van der Waals surface area contributed by atoms with Crippen molar-refractivity contribution >= 4 is 0 Å². The third kappa shape index (κ3) is 2.80. The van der Waals surface area contributed by atoms with Crippen LogP contribution in [0.25, 0.3) is 0 Å². The Labute approximate surface area is 73.3 Å². The first-order valence-electron chi connectivity index (χ1n) is 4.82. The Bertz CT molecular complexity index is 153. The van der Waals surface area contributed by atoms with Gasteiger partial charge < -0.3 is 0 Å². The molecule has 0 amide bonds. The van der Waals surface area contributed by atoms with E-state index in [0.29, 0.717) is 5.92 Å². The maximum atomic E-state index is 10.3. The van der Waals surface area contributed by atoms with E-state index in [4.69, 9.17) is 0 Å². The second kappa shape index (κ2) is 4.43. The monoisotopic (exact) mass is 171 g/mol. The molecule has 0 saturated heterocycles. The van der Waals surface area contributed by atoms with E-state index in [1.54, 1.807) is 0 Å². The summed E-state index contributed by atoms with van der Waals surface area (Å²) in [5.41, 5.74) is 0. The van der Waals surface area contributed by atoms with Gasteiger partial charge in [0.15, 0.2) is 0 Å². The Morgan fingerprint density at radius 1 is 1.42 bits per heavy atom. The summed E-state index contributed by atoms with van der Waals surface area (Å²) in [6.07, 6.45) is 6.27. The Balaban J connectivity index is 2.29. The van der Waals surface area contributed by atoms with Gasteiger partial charge in [0, 0.05) is 10.8 Å². The lowest BCUT2D eigenvalue weighted by Gasteiger charge is -2.24.